The monoisotopic (exact) mass is 361 g/mol. The maximum atomic E-state index is 12.4. The zero-order valence-corrected chi connectivity index (χ0v) is 15.3. The number of hydrogen-bond acceptors (Lipinski definition) is 3. The molecule has 2 aromatic rings. The summed E-state index contributed by atoms with van der Waals surface area (Å²) in [6.45, 7) is 3.36. The van der Waals surface area contributed by atoms with Gasteiger partial charge in [0, 0.05) is 12.1 Å². The number of carbonyl (C=O) groups excluding carboxylic acids is 2. The third kappa shape index (κ3) is 6.21. The summed E-state index contributed by atoms with van der Waals surface area (Å²) in [6.07, 6.45) is 0.847. The number of benzene rings is 2. The van der Waals surface area contributed by atoms with Crippen molar-refractivity contribution in [3.8, 4) is 0 Å². The average Bonchev–Trinajstić information content (AvgIpc) is 2.59. The molecule has 0 fully saturated rings. The van der Waals surface area contributed by atoms with E-state index in [1.165, 1.54) is 0 Å². The van der Waals surface area contributed by atoms with Crippen LogP contribution in [-0.4, -0.2) is 32.0 Å². The van der Waals surface area contributed by atoms with E-state index in [0.717, 1.165) is 18.5 Å². The van der Waals surface area contributed by atoms with Crippen molar-refractivity contribution in [2.75, 3.05) is 25.5 Å². The molecule has 25 heavy (non-hydrogen) atoms. The van der Waals surface area contributed by atoms with Gasteiger partial charge in [-0.1, -0.05) is 29.8 Å². The second-order valence-electron chi connectivity index (χ2n) is 5.58. The molecule has 0 saturated carbocycles. The minimum Gasteiger partial charge on any atom is -0.352 e. The van der Waals surface area contributed by atoms with Gasteiger partial charge in [-0.05, 0) is 51.2 Å². The molecule has 2 rings (SSSR count). The number of aryl methyl sites for hydroxylation is 1. The van der Waals surface area contributed by atoms with Crippen LogP contribution >= 0.6 is 12.4 Å². The Kier molecular flexibility index (Phi) is 8.67. The average molecular weight is 362 g/mol. The Morgan fingerprint density at radius 1 is 0.960 bits per heavy atom. The maximum Gasteiger partial charge on any atom is 0.255 e. The zero-order chi connectivity index (χ0) is 17.4. The topological polar surface area (TPSA) is 70.2 Å². The summed E-state index contributed by atoms with van der Waals surface area (Å²) in [7, 11) is 1.87. The number of rotatable bonds is 7. The van der Waals surface area contributed by atoms with Gasteiger partial charge in [0.05, 0.1) is 11.3 Å². The van der Waals surface area contributed by atoms with Crippen molar-refractivity contribution in [1.29, 1.82) is 0 Å². The van der Waals surface area contributed by atoms with E-state index in [1.54, 1.807) is 30.3 Å². The van der Waals surface area contributed by atoms with E-state index in [9.17, 15) is 9.59 Å². The molecule has 3 N–H and O–H groups in total. The van der Waals surface area contributed by atoms with Gasteiger partial charge in [-0.3, -0.25) is 9.59 Å². The summed E-state index contributed by atoms with van der Waals surface area (Å²) in [4.78, 5) is 24.7. The van der Waals surface area contributed by atoms with Crippen molar-refractivity contribution in [3.63, 3.8) is 0 Å². The number of nitrogens with one attached hydrogen (secondary N) is 3. The van der Waals surface area contributed by atoms with Gasteiger partial charge >= 0.3 is 0 Å². The Balaban J connectivity index is 0.00000312. The van der Waals surface area contributed by atoms with Gasteiger partial charge in [-0.15, -0.1) is 12.4 Å². The van der Waals surface area contributed by atoms with E-state index >= 15 is 0 Å². The second kappa shape index (κ2) is 10.5. The lowest BCUT2D eigenvalue weighted by atomic mass is 10.1. The Hall–Kier alpha value is -2.37. The highest BCUT2D eigenvalue weighted by Crippen LogP contribution is 2.16. The summed E-state index contributed by atoms with van der Waals surface area (Å²) in [6, 6.07) is 14.4. The molecule has 0 aliphatic carbocycles. The van der Waals surface area contributed by atoms with Crippen LogP contribution in [0.5, 0.6) is 0 Å². The van der Waals surface area contributed by atoms with Crippen molar-refractivity contribution in [2.45, 2.75) is 13.3 Å². The quantitative estimate of drug-likeness (QED) is 0.664. The molecule has 6 heteroatoms. The molecule has 2 amide bonds. The van der Waals surface area contributed by atoms with Crippen molar-refractivity contribution in [2.24, 2.45) is 0 Å². The first-order chi connectivity index (χ1) is 11.6. The third-order valence-corrected chi connectivity index (χ3v) is 3.59. The lowest BCUT2D eigenvalue weighted by molar-refractivity contribution is 0.0954. The highest BCUT2D eigenvalue weighted by atomic mass is 35.5. The molecule has 0 aromatic heterocycles. The first kappa shape index (κ1) is 20.7. The minimum absolute atomic E-state index is 0. The van der Waals surface area contributed by atoms with Gasteiger partial charge in [0.2, 0.25) is 0 Å². The van der Waals surface area contributed by atoms with E-state index in [-0.39, 0.29) is 24.2 Å². The maximum absolute atomic E-state index is 12.4. The van der Waals surface area contributed by atoms with Crippen molar-refractivity contribution in [1.82, 2.24) is 10.6 Å². The Morgan fingerprint density at radius 2 is 1.72 bits per heavy atom. The number of amides is 2. The lowest BCUT2D eigenvalue weighted by Gasteiger charge is -2.12. The van der Waals surface area contributed by atoms with Crippen molar-refractivity contribution >= 4 is 29.9 Å². The molecule has 134 valence electrons. The number of halogens is 1. The van der Waals surface area contributed by atoms with E-state index in [2.05, 4.69) is 16.0 Å². The van der Waals surface area contributed by atoms with Gasteiger partial charge < -0.3 is 16.0 Å². The largest absolute Gasteiger partial charge is 0.352 e. The molecule has 0 unspecified atom stereocenters. The van der Waals surface area contributed by atoms with Gasteiger partial charge in [0.25, 0.3) is 11.8 Å². The van der Waals surface area contributed by atoms with E-state index in [4.69, 9.17) is 0 Å². The molecule has 0 heterocycles. The fraction of sp³-hybridized carbons (Fsp3) is 0.263. The highest BCUT2D eigenvalue weighted by molar-refractivity contribution is 6.09. The van der Waals surface area contributed by atoms with Crippen LogP contribution in [0.15, 0.2) is 48.5 Å². The standard InChI is InChI=1S/C19H23N3O2.ClH/c1-14-7-5-8-15(13-14)18(23)22-17-10-4-3-9-16(17)19(24)21-12-6-11-20-2;/h3-5,7-10,13,20H,6,11-12H2,1-2H3,(H,21,24)(H,22,23);1H. The summed E-state index contributed by atoms with van der Waals surface area (Å²) in [5.74, 6) is -0.416. The fourth-order valence-electron chi connectivity index (χ4n) is 2.33. The molecule has 2 aromatic carbocycles. The summed E-state index contributed by atoms with van der Waals surface area (Å²) in [5, 5.41) is 8.72. The van der Waals surface area contributed by atoms with Crippen LogP contribution in [0.2, 0.25) is 0 Å². The Labute approximate surface area is 154 Å². The van der Waals surface area contributed by atoms with Crippen LogP contribution in [0.1, 0.15) is 32.7 Å². The summed E-state index contributed by atoms with van der Waals surface area (Å²) in [5.41, 5.74) is 2.55. The molecule has 0 aliphatic heterocycles. The fourth-order valence-corrected chi connectivity index (χ4v) is 2.33. The number of para-hydroxylation sites is 1. The molecule has 0 bridgehead atoms. The second-order valence-corrected chi connectivity index (χ2v) is 5.58. The predicted molar refractivity (Wildman–Crippen MR) is 104 cm³/mol. The minimum atomic E-state index is -0.228. The molecular formula is C19H24ClN3O2. The number of hydrogen-bond donors (Lipinski definition) is 3. The van der Waals surface area contributed by atoms with Crippen LogP contribution < -0.4 is 16.0 Å². The highest BCUT2D eigenvalue weighted by Gasteiger charge is 2.13. The molecule has 0 aliphatic rings. The normalized spacial score (nSPS) is 9.84. The number of carbonyl (C=O) groups is 2. The van der Waals surface area contributed by atoms with E-state index in [1.807, 2.05) is 32.2 Å². The lowest BCUT2D eigenvalue weighted by Crippen LogP contribution is -2.27. The van der Waals surface area contributed by atoms with Gasteiger partial charge in [-0.2, -0.15) is 0 Å². The van der Waals surface area contributed by atoms with Gasteiger partial charge in [-0.25, -0.2) is 0 Å². The summed E-state index contributed by atoms with van der Waals surface area (Å²) < 4.78 is 0. The first-order valence-corrected chi connectivity index (χ1v) is 8.01. The Bertz CT molecular complexity index is 719. The molecule has 5 nitrogen and oxygen atoms in total. The third-order valence-electron chi connectivity index (χ3n) is 3.59. The van der Waals surface area contributed by atoms with E-state index < -0.39 is 0 Å². The number of anilines is 1. The zero-order valence-electron chi connectivity index (χ0n) is 14.5. The molecule has 0 atom stereocenters. The molecule has 0 radical (unpaired) electrons. The predicted octanol–water partition coefficient (Wildman–Crippen LogP) is 3.01. The van der Waals surface area contributed by atoms with Crippen LogP contribution in [0, 0.1) is 6.92 Å². The van der Waals surface area contributed by atoms with E-state index in [0.29, 0.717) is 23.4 Å². The van der Waals surface area contributed by atoms with Crippen LogP contribution in [0.4, 0.5) is 5.69 Å². The summed E-state index contributed by atoms with van der Waals surface area (Å²) >= 11 is 0. The smallest absolute Gasteiger partial charge is 0.255 e. The van der Waals surface area contributed by atoms with Crippen molar-refractivity contribution < 1.29 is 9.59 Å². The molecule has 0 spiro atoms. The Morgan fingerprint density at radius 3 is 2.44 bits per heavy atom. The van der Waals surface area contributed by atoms with Crippen LogP contribution in [-0.2, 0) is 0 Å². The van der Waals surface area contributed by atoms with Gasteiger partial charge in [0.1, 0.15) is 0 Å². The molecule has 0 saturated heterocycles. The first-order valence-electron chi connectivity index (χ1n) is 8.01. The van der Waals surface area contributed by atoms with Crippen LogP contribution in [0.25, 0.3) is 0 Å². The van der Waals surface area contributed by atoms with Crippen molar-refractivity contribution in [3.05, 3.63) is 65.2 Å². The molecular weight excluding hydrogens is 338 g/mol. The van der Waals surface area contributed by atoms with Gasteiger partial charge in [0.15, 0.2) is 0 Å². The SMILES string of the molecule is CNCCCNC(=O)c1ccccc1NC(=O)c1cccc(C)c1.Cl. The van der Waals surface area contributed by atoms with Crippen LogP contribution in [0.3, 0.4) is 0 Å².